The van der Waals surface area contributed by atoms with Gasteiger partial charge in [0.1, 0.15) is 6.10 Å². The summed E-state index contributed by atoms with van der Waals surface area (Å²) < 4.78 is 46.2. The Kier molecular flexibility index (Phi) is 3.27. The van der Waals surface area contributed by atoms with Crippen LogP contribution in [0.4, 0.5) is 0 Å². The summed E-state index contributed by atoms with van der Waals surface area (Å²) in [6.45, 7) is 2.83. The van der Waals surface area contributed by atoms with E-state index in [0.29, 0.717) is 24.7 Å². The number of carbonyl (C=O) groups excluding carboxylic acids is 1. The fourth-order valence-corrected chi connectivity index (χ4v) is 7.16. The predicted octanol–water partition coefficient (Wildman–Crippen LogP) is 4.88. The molecule has 146 valence electrons. The first-order valence-electron chi connectivity index (χ1n) is 12.8. The molecule has 0 heterocycles. The molecule has 3 saturated carbocycles. The van der Waals surface area contributed by atoms with Gasteiger partial charge in [0.2, 0.25) is 0 Å². The molecule has 0 radical (unpaired) electrons. The topological polar surface area (TPSA) is 46.5 Å². The van der Waals surface area contributed by atoms with E-state index >= 15 is 0 Å². The van der Waals surface area contributed by atoms with Gasteiger partial charge in [0.25, 0.3) is 0 Å². The zero-order valence-electron chi connectivity index (χ0n) is 21.3. The number of allylic oxidation sites excluding steroid dienone is 1. The monoisotopic (exact) mass is 365 g/mol. The van der Waals surface area contributed by atoms with Gasteiger partial charge < -0.3 is 9.84 Å². The van der Waals surface area contributed by atoms with Crippen LogP contribution in [-0.4, -0.2) is 23.3 Å². The molecule has 26 heavy (non-hydrogen) atoms. The number of hydrogen-bond acceptors (Lipinski definition) is 3. The lowest BCUT2D eigenvalue weighted by atomic mass is 9.47. The maximum atomic E-state index is 11.4. The predicted molar refractivity (Wildman–Crippen MR) is 102 cm³/mol. The first-order valence-corrected chi connectivity index (χ1v) is 10.3. The summed E-state index contributed by atoms with van der Waals surface area (Å²) in [6.07, 6.45) is 5.44. The van der Waals surface area contributed by atoms with Crippen LogP contribution < -0.4 is 0 Å². The second kappa shape index (κ2) is 6.36. The molecule has 0 bridgehead atoms. The molecule has 0 aromatic rings. The van der Waals surface area contributed by atoms with Crippen molar-refractivity contribution < 1.29 is 21.5 Å². The number of rotatable bonds is 2. The third kappa shape index (κ3) is 2.68. The number of ether oxygens (including phenoxy) is 1. The van der Waals surface area contributed by atoms with E-state index in [0.717, 1.165) is 32.1 Å². The third-order valence-electron chi connectivity index (χ3n) is 8.46. The summed E-state index contributed by atoms with van der Waals surface area (Å²) in [4.78, 5) is 11.4. The molecule has 4 rings (SSSR count). The quantitative estimate of drug-likeness (QED) is 0.560. The third-order valence-corrected chi connectivity index (χ3v) is 8.46. The summed E-state index contributed by atoms with van der Waals surface area (Å²) in [5, 5.41) is 10.8. The van der Waals surface area contributed by atoms with Crippen LogP contribution >= 0.6 is 0 Å². The molecule has 0 aliphatic heterocycles. The SMILES string of the molecule is [2H]C([2H])([2H])[C@@]([2H])(O)[C@@]1([2H])CC[C@H]2[C@@H]3CC=C4C[C@@H](OC(C)=O)CC[C@]4(C)[C@H]3CC[C@@]21C. The van der Waals surface area contributed by atoms with Crippen molar-refractivity contribution in [2.24, 2.45) is 34.5 Å². The van der Waals surface area contributed by atoms with Crippen molar-refractivity contribution >= 4 is 5.97 Å². The smallest absolute Gasteiger partial charge is 0.302 e. The summed E-state index contributed by atoms with van der Waals surface area (Å²) in [5.74, 6) is -1.04. The minimum absolute atomic E-state index is 0.0372. The van der Waals surface area contributed by atoms with E-state index in [1.807, 2.05) is 6.92 Å². The van der Waals surface area contributed by atoms with E-state index in [4.69, 9.17) is 11.6 Å². The molecule has 8 atom stereocenters. The number of aliphatic hydroxyl groups is 1. The van der Waals surface area contributed by atoms with Crippen molar-refractivity contribution in [3.63, 3.8) is 0 Å². The maximum Gasteiger partial charge on any atom is 0.302 e. The standard InChI is InChI=1S/C23H36O3/c1-14(24)19-7-8-20-18-6-5-16-13-17(26-15(2)25)9-11-22(16,3)21(18)10-12-23(19,20)4/h5,14,17-21,24H,6-13H2,1-4H3/t14-,17+,18+,19-,20+,21+,22+,23-/m1/s1/i1D3,14D,19D. The molecule has 0 unspecified atom stereocenters. The Morgan fingerprint density at radius 3 is 2.88 bits per heavy atom. The lowest BCUT2D eigenvalue weighted by Crippen LogP contribution is -2.51. The number of fused-ring (bicyclic) bond motifs is 5. The molecule has 4 aliphatic rings. The highest BCUT2D eigenvalue weighted by atomic mass is 16.5. The average Bonchev–Trinajstić information content (AvgIpc) is 2.93. The molecular formula is C23H36O3. The zero-order chi connectivity index (χ0) is 23.0. The Balaban J connectivity index is 1.63. The summed E-state index contributed by atoms with van der Waals surface area (Å²) in [6, 6.07) is 0. The minimum Gasteiger partial charge on any atom is -0.462 e. The fraction of sp³-hybridized carbons (Fsp3) is 0.870. The second-order valence-corrected chi connectivity index (χ2v) is 9.56. The first kappa shape index (κ1) is 13.4. The summed E-state index contributed by atoms with van der Waals surface area (Å²) >= 11 is 0. The van der Waals surface area contributed by atoms with Crippen molar-refractivity contribution in [1.29, 1.82) is 0 Å². The van der Waals surface area contributed by atoms with Crippen molar-refractivity contribution in [1.82, 2.24) is 0 Å². The molecule has 4 aliphatic carbocycles. The molecule has 3 heteroatoms. The van der Waals surface area contributed by atoms with E-state index in [-0.39, 0.29) is 29.8 Å². The highest BCUT2D eigenvalue weighted by Crippen LogP contribution is 2.66. The number of esters is 1. The molecule has 0 spiro atoms. The number of carbonyl (C=O) groups is 1. The summed E-state index contributed by atoms with van der Waals surface area (Å²) in [7, 11) is 0. The number of hydrogen-bond donors (Lipinski definition) is 1. The van der Waals surface area contributed by atoms with Gasteiger partial charge in [-0.25, -0.2) is 0 Å². The van der Waals surface area contributed by atoms with E-state index in [1.165, 1.54) is 12.5 Å². The highest BCUT2D eigenvalue weighted by molar-refractivity contribution is 5.66. The van der Waals surface area contributed by atoms with Gasteiger partial charge in [0.05, 0.1) is 7.45 Å². The van der Waals surface area contributed by atoms with Gasteiger partial charge in [-0.15, -0.1) is 0 Å². The highest BCUT2D eigenvalue weighted by Gasteiger charge is 2.59. The minimum atomic E-state index is -2.91. The van der Waals surface area contributed by atoms with Crippen molar-refractivity contribution in [3.05, 3.63) is 11.6 Å². The van der Waals surface area contributed by atoms with E-state index < -0.39 is 24.2 Å². The van der Waals surface area contributed by atoms with Gasteiger partial charge >= 0.3 is 5.97 Å². The molecule has 3 fully saturated rings. The molecule has 0 aromatic carbocycles. The lowest BCUT2D eigenvalue weighted by molar-refractivity contribution is -0.148. The van der Waals surface area contributed by atoms with Crippen LogP contribution in [0.25, 0.3) is 0 Å². The Morgan fingerprint density at radius 1 is 1.35 bits per heavy atom. The lowest BCUT2D eigenvalue weighted by Gasteiger charge is -2.58. The van der Waals surface area contributed by atoms with Crippen LogP contribution in [0.15, 0.2) is 11.6 Å². The van der Waals surface area contributed by atoms with E-state index in [1.54, 1.807) is 0 Å². The molecule has 1 N–H and O–H groups in total. The summed E-state index contributed by atoms with van der Waals surface area (Å²) in [5.41, 5.74) is 0.718. The first-order chi connectivity index (χ1) is 14.2. The molecular weight excluding hydrogens is 324 g/mol. The van der Waals surface area contributed by atoms with Crippen LogP contribution in [0.2, 0.25) is 0 Å². The van der Waals surface area contributed by atoms with Crippen LogP contribution in [-0.2, 0) is 9.53 Å². The normalized spacial score (nSPS) is 56.0. The van der Waals surface area contributed by atoms with Gasteiger partial charge in [-0.3, -0.25) is 4.79 Å². The van der Waals surface area contributed by atoms with Gasteiger partial charge in [0.15, 0.2) is 0 Å². The van der Waals surface area contributed by atoms with Crippen LogP contribution in [0.3, 0.4) is 0 Å². The van der Waals surface area contributed by atoms with Crippen molar-refractivity contribution in [2.45, 2.75) is 91.2 Å². The van der Waals surface area contributed by atoms with Crippen molar-refractivity contribution in [3.8, 4) is 0 Å². The van der Waals surface area contributed by atoms with Gasteiger partial charge in [-0.05, 0) is 86.3 Å². The fourth-order valence-electron chi connectivity index (χ4n) is 7.16. The Bertz CT molecular complexity index is 793. The Labute approximate surface area is 165 Å². The molecule has 3 nitrogen and oxygen atoms in total. The molecule has 0 saturated heterocycles. The van der Waals surface area contributed by atoms with Crippen LogP contribution in [0.1, 0.15) is 85.8 Å². The van der Waals surface area contributed by atoms with Crippen molar-refractivity contribution in [2.75, 3.05) is 0 Å². The van der Waals surface area contributed by atoms with Gasteiger partial charge in [-0.1, -0.05) is 25.5 Å². The van der Waals surface area contributed by atoms with E-state index in [9.17, 15) is 9.90 Å². The Morgan fingerprint density at radius 2 is 2.15 bits per heavy atom. The van der Waals surface area contributed by atoms with Gasteiger partial charge in [-0.2, -0.15) is 0 Å². The molecule has 0 amide bonds. The zero-order valence-corrected chi connectivity index (χ0v) is 16.3. The van der Waals surface area contributed by atoms with Gasteiger partial charge in [0, 0.05) is 18.8 Å². The van der Waals surface area contributed by atoms with E-state index in [2.05, 4.69) is 13.0 Å². The second-order valence-electron chi connectivity index (χ2n) is 9.56. The average molecular weight is 366 g/mol. The maximum absolute atomic E-state index is 11.4. The largest absolute Gasteiger partial charge is 0.462 e. The van der Waals surface area contributed by atoms with Crippen LogP contribution in [0.5, 0.6) is 0 Å². The molecule has 0 aromatic heterocycles. The van der Waals surface area contributed by atoms with Crippen LogP contribution in [0, 0.1) is 34.5 Å². The Hall–Kier alpha value is -0.830.